The van der Waals surface area contributed by atoms with Crippen LogP contribution in [0.1, 0.15) is 45.4 Å². The molecule has 4 aromatic carbocycles. The normalized spacial score (nSPS) is 12.3. The first-order valence-electron chi connectivity index (χ1n) is 11.8. The van der Waals surface area contributed by atoms with Crippen LogP contribution in [-0.2, 0) is 30.7 Å². The van der Waals surface area contributed by atoms with E-state index in [2.05, 4.69) is 123 Å². The van der Waals surface area contributed by atoms with Crippen LogP contribution in [0.15, 0.2) is 103 Å². The van der Waals surface area contributed by atoms with Crippen LogP contribution in [0, 0.1) is 19.9 Å². The summed E-state index contributed by atoms with van der Waals surface area (Å²) in [6, 6.07) is 33.6. The van der Waals surface area contributed by atoms with Gasteiger partial charge in [0.1, 0.15) is 0 Å². The topological polar surface area (TPSA) is 0 Å². The zero-order chi connectivity index (χ0) is 23.5. The quantitative estimate of drug-likeness (QED) is 0.284. The molecule has 0 aliphatic heterocycles. The maximum absolute atomic E-state index is 3.71. The van der Waals surface area contributed by atoms with E-state index in [-0.39, 0.29) is 24.8 Å². The minimum absolute atomic E-state index is 0. The van der Waals surface area contributed by atoms with E-state index in [4.69, 9.17) is 0 Å². The number of fused-ring (bicyclic) bond motifs is 3. The molecule has 36 heavy (non-hydrogen) atoms. The van der Waals surface area contributed by atoms with Crippen molar-refractivity contribution in [1.29, 1.82) is 0 Å². The number of rotatable bonds is 3. The summed E-state index contributed by atoms with van der Waals surface area (Å²) in [5.41, 5.74) is 13.8. The van der Waals surface area contributed by atoms with Crippen LogP contribution in [-0.4, -0.2) is 3.21 Å². The van der Waals surface area contributed by atoms with E-state index in [0.717, 1.165) is 12.8 Å². The summed E-state index contributed by atoms with van der Waals surface area (Å²) in [5, 5.41) is 0. The van der Waals surface area contributed by atoms with Crippen molar-refractivity contribution in [3.63, 3.8) is 0 Å². The molecule has 0 atom stereocenters. The van der Waals surface area contributed by atoms with E-state index in [1.807, 2.05) is 0 Å². The van der Waals surface area contributed by atoms with Crippen LogP contribution in [0.5, 0.6) is 0 Å². The van der Waals surface area contributed by atoms with Crippen molar-refractivity contribution in [3.05, 3.63) is 148 Å². The van der Waals surface area contributed by atoms with Crippen molar-refractivity contribution in [3.8, 4) is 11.1 Å². The molecule has 0 bridgehead atoms. The Kier molecular flexibility index (Phi) is 10.0. The van der Waals surface area contributed by atoms with Crippen LogP contribution in [0.2, 0.25) is 0 Å². The summed E-state index contributed by atoms with van der Waals surface area (Å²) in [5.74, 6) is 0. The molecule has 0 fully saturated rings. The van der Waals surface area contributed by atoms with E-state index < -0.39 is 0 Å². The zero-order valence-electron chi connectivity index (χ0n) is 20.5. The molecule has 0 amide bonds. The monoisotopic (exact) mass is 583 g/mol. The van der Waals surface area contributed by atoms with Gasteiger partial charge in [-0.25, -0.2) is 0 Å². The second-order valence-electron chi connectivity index (χ2n) is 8.87. The molecule has 178 valence electrons. The molecular formula is C33H27Cl2Zr-. The molecule has 0 N–H and O–H groups in total. The maximum atomic E-state index is 3.71. The molecule has 0 nitrogen and oxygen atoms in total. The number of benzene rings is 4. The Bertz CT molecular complexity index is 1380. The third kappa shape index (κ3) is 5.81. The van der Waals surface area contributed by atoms with Gasteiger partial charge in [-0.05, 0) is 18.4 Å². The molecule has 0 radical (unpaired) electrons. The first-order chi connectivity index (χ1) is 16.6. The average molecular weight is 586 g/mol. The fourth-order valence-electron chi connectivity index (χ4n) is 4.84. The van der Waals surface area contributed by atoms with Gasteiger partial charge in [0.05, 0.1) is 0 Å². The Labute approximate surface area is 242 Å². The predicted octanol–water partition coefficient (Wildman–Crippen LogP) is 1.83. The van der Waals surface area contributed by atoms with Gasteiger partial charge in [0.2, 0.25) is 0 Å². The van der Waals surface area contributed by atoms with Gasteiger partial charge in [-0.2, -0.15) is 0 Å². The van der Waals surface area contributed by atoms with E-state index >= 15 is 0 Å². The summed E-state index contributed by atoms with van der Waals surface area (Å²) in [7, 11) is 0. The molecule has 2 aliphatic carbocycles. The van der Waals surface area contributed by atoms with E-state index in [1.165, 1.54) is 83.1 Å². The number of halogens is 2. The third-order valence-corrected chi connectivity index (χ3v) is 8.18. The van der Waals surface area contributed by atoms with E-state index in [1.54, 1.807) is 0 Å². The third-order valence-electron chi connectivity index (χ3n) is 6.76. The van der Waals surface area contributed by atoms with E-state index in [0.29, 0.717) is 0 Å². The molecular weight excluding hydrogens is 558 g/mol. The van der Waals surface area contributed by atoms with Gasteiger partial charge in [-0.3, -0.25) is 0 Å². The Morgan fingerprint density at radius 3 is 1.92 bits per heavy atom. The molecule has 2 aliphatic rings. The molecule has 0 spiro atoms. The predicted molar refractivity (Wildman–Crippen MR) is 141 cm³/mol. The van der Waals surface area contributed by atoms with Crippen LogP contribution in [0.3, 0.4) is 0 Å². The van der Waals surface area contributed by atoms with Crippen molar-refractivity contribution in [2.75, 3.05) is 0 Å². The number of hydrogen-bond acceptors (Lipinski definition) is 0. The Hall–Kier alpha value is -2.31. The fraction of sp³-hybridized carbons (Fsp3) is 0.121. The van der Waals surface area contributed by atoms with Gasteiger partial charge in [-0.1, -0.05) is 61.4 Å². The minimum atomic E-state index is 0. The summed E-state index contributed by atoms with van der Waals surface area (Å²) in [4.78, 5) is 0. The first-order valence-corrected chi connectivity index (χ1v) is 13.1. The summed E-state index contributed by atoms with van der Waals surface area (Å²) >= 11 is 1.46. The van der Waals surface area contributed by atoms with Gasteiger partial charge < -0.3 is 24.8 Å². The van der Waals surface area contributed by atoms with E-state index in [9.17, 15) is 0 Å². The van der Waals surface area contributed by atoms with Crippen molar-refractivity contribution >= 4 is 8.78 Å². The molecule has 4 aromatic rings. The van der Waals surface area contributed by atoms with Crippen LogP contribution in [0.4, 0.5) is 0 Å². The summed E-state index contributed by atoms with van der Waals surface area (Å²) in [6.07, 6.45) is 8.68. The second-order valence-corrected chi connectivity index (χ2v) is 10.1. The molecule has 0 aromatic heterocycles. The first kappa shape index (κ1) is 28.3. The molecule has 0 heterocycles. The molecule has 3 heteroatoms. The van der Waals surface area contributed by atoms with Crippen LogP contribution >= 0.6 is 0 Å². The Balaban J connectivity index is 0.000000201. The van der Waals surface area contributed by atoms with Gasteiger partial charge >= 0.3 is 99.2 Å². The van der Waals surface area contributed by atoms with Crippen LogP contribution < -0.4 is 24.8 Å². The number of allylic oxidation sites excluding steroid dienone is 4. The van der Waals surface area contributed by atoms with Gasteiger partial charge in [-0.15, -0.1) is 40.0 Å². The van der Waals surface area contributed by atoms with Crippen molar-refractivity contribution < 1.29 is 49.0 Å². The van der Waals surface area contributed by atoms with Crippen LogP contribution in [0.25, 0.3) is 16.7 Å². The Morgan fingerprint density at radius 1 is 0.750 bits per heavy atom. The van der Waals surface area contributed by atoms with Gasteiger partial charge in [0.25, 0.3) is 0 Å². The standard InChI is InChI=1S/C20H17.C13H10.2ClH.Zr/c1-13-14(2)20-17(11-16-9-5-6-10-18(16)20)12-19(13)15-7-3-4-8-15;1-3-7-12(8-4-1)11-13-9-5-2-6-10-13;;;/h3-7,9-10H,8,11H2,1-2H3;1-10H;2*1H;/q-1;;;;+2/p-2. The van der Waals surface area contributed by atoms with Crippen molar-refractivity contribution in [1.82, 2.24) is 0 Å². The molecule has 0 saturated carbocycles. The fourth-order valence-corrected chi connectivity index (χ4v) is 5.66. The molecule has 0 saturated heterocycles. The summed E-state index contributed by atoms with van der Waals surface area (Å²) in [6.45, 7) is 4.50. The number of hydrogen-bond donors (Lipinski definition) is 0. The van der Waals surface area contributed by atoms with Gasteiger partial charge in [0.15, 0.2) is 0 Å². The summed E-state index contributed by atoms with van der Waals surface area (Å²) < 4.78 is 1.42. The molecule has 0 unspecified atom stereocenters. The van der Waals surface area contributed by atoms with Gasteiger partial charge in [0, 0.05) is 0 Å². The SMILES string of the molecule is Cc1c(C2=CC=CC2)[c-]c2c(c1C)-c1ccccc1C2.[Cl-].[Cl-].[Zr+2]=[C](c1ccccc1)c1ccccc1. The van der Waals surface area contributed by atoms with Crippen molar-refractivity contribution in [2.24, 2.45) is 0 Å². The molecule has 6 rings (SSSR count). The van der Waals surface area contributed by atoms with Crippen molar-refractivity contribution in [2.45, 2.75) is 26.7 Å². The average Bonchev–Trinajstić information content (AvgIpc) is 3.55. The Morgan fingerprint density at radius 2 is 1.33 bits per heavy atom. The zero-order valence-corrected chi connectivity index (χ0v) is 24.5. The second kappa shape index (κ2) is 12.8.